The van der Waals surface area contributed by atoms with Gasteiger partial charge in [-0.25, -0.2) is 0 Å². The highest BCUT2D eigenvalue weighted by atomic mass is 19.4. The number of halogens is 6. The lowest BCUT2D eigenvalue weighted by Crippen LogP contribution is -2.11. The van der Waals surface area contributed by atoms with Crippen molar-refractivity contribution in [2.24, 2.45) is 5.73 Å². The Balaban J connectivity index is 2.36. The van der Waals surface area contributed by atoms with Gasteiger partial charge in [0.15, 0.2) is 0 Å². The van der Waals surface area contributed by atoms with Crippen molar-refractivity contribution in [3.05, 3.63) is 58.7 Å². The number of H-pyrrole nitrogens is 1. The first-order valence-corrected chi connectivity index (χ1v) is 9.13. The van der Waals surface area contributed by atoms with Crippen LogP contribution in [0.3, 0.4) is 0 Å². The van der Waals surface area contributed by atoms with Crippen LogP contribution in [-0.4, -0.2) is 11.5 Å². The smallest absolute Gasteiger partial charge is 0.354 e. The van der Waals surface area contributed by atoms with Crippen LogP contribution < -0.4 is 5.73 Å². The van der Waals surface area contributed by atoms with E-state index >= 15 is 0 Å². The number of alkyl halides is 6. The molecule has 0 amide bonds. The van der Waals surface area contributed by atoms with Gasteiger partial charge in [0.2, 0.25) is 0 Å². The number of aromatic amines is 1. The number of rotatable bonds is 5. The minimum Gasteiger partial charge on any atom is -0.354 e. The molecular formula is C21H20F6N2. The van der Waals surface area contributed by atoms with E-state index in [2.05, 4.69) is 4.98 Å². The molecule has 0 aliphatic heterocycles. The third-order valence-corrected chi connectivity index (χ3v) is 4.93. The van der Waals surface area contributed by atoms with E-state index < -0.39 is 23.5 Å². The van der Waals surface area contributed by atoms with Crippen LogP contribution in [-0.2, 0) is 18.8 Å². The van der Waals surface area contributed by atoms with Crippen molar-refractivity contribution < 1.29 is 26.3 Å². The molecule has 0 saturated heterocycles. The number of fused-ring (bicyclic) bond motifs is 1. The number of unbranched alkanes of at least 4 members (excludes halogenated alkanes) is 1. The van der Waals surface area contributed by atoms with Gasteiger partial charge in [0.1, 0.15) is 0 Å². The Hall–Kier alpha value is -2.48. The number of nitrogens with two attached hydrogens (primary N) is 1. The maximum absolute atomic E-state index is 13.7. The molecule has 29 heavy (non-hydrogen) atoms. The van der Waals surface area contributed by atoms with Crippen molar-refractivity contribution in [1.82, 2.24) is 4.98 Å². The van der Waals surface area contributed by atoms with Crippen LogP contribution in [0, 0.1) is 6.92 Å². The lowest BCUT2D eigenvalue weighted by molar-refractivity contribution is -0.142. The second-order valence-electron chi connectivity index (χ2n) is 6.98. The topological polar surface area (TPSA) is 41.8 Å². The minimum absolute atomic E-state index is 0.173. The fraction of sp³-hybridized carbons (Fsp3) is 0.333. The van der Waals surface area contributed by atoms with E-state index in [1.165, 1.54) is 0 Å². The summed E-state index contributed by atoms with van der Waals surface area (Å²) in [6.07, 6.45) is -8.41. The molecule has 3 N–H and O–H groups in total. The van der Waals surface area contributed by atoms with Crippen LogP contribution in [0.4, 0.5) is 26.3 Å². The lowest BCUT2D eigenvalue weighted by atomic mass is 9.94. The Kier molecular flexibility index (Phi) is 5.67. The Morgan fingerprint density at radius 3 is 2.21 bits per heavy atom. The highest BCUT2D eigenvalue weighted by Crippen LogP contribution is 2.44. The first-order valence-electron chi connectivity index (χ1n) is 9.13. The van der Waals surface area contributed by atoms with Gasteiger partial charge in [0, 0.05) is 22.2 Å². The maximum Gasteiger partial charge on any atom is 0.417 e. The van der Waals surface area contributed by atoms with Crippen LogP contribution in [0.2, 0.25) is 0 Å². The third kappa shape index (κ3) is 4.27. The van der Waals surface area contributed by atoms with Gasteiger partial charge in [-0.2, -0.15) is 26.3 Å². The van der Waals surface area contributed by atoms with Crippen LogP contribution >= 0.6 is 0 Å². The summed E-state index contributed by atoms with van der Waals surface area (Å²) in [7, 11) is 0. The zero-order chi connectivity index (χ0) is 21.4. The molecule has 0 radical (unpaired) electrons. The first-order chi connectivity index (χ1) is 13.5. The number of hydrogen-bond donors (Lipinski definition) is 2. The van der Waals surface area contributed by atoms with E-state index in [1.54, 1.807) is 31.2 Å². The molecule has 0 bridgehead atoms. The third-order valence-electron chi connectivity index (χ3n) is 4.93. The zero-order valence-corrected chi connectivity index (χ0v) is 15.6. The maximum atomic E-state index is 13.7. The summed E-state index contributed by atoms with van der Waals surface area (Å²) in [6.45, 7) is 2.18. The van der Waals surface area contributed by atoms with E-state index in [1.807, 2.05) is 0 Å². The number of hydrogen-bond acceptors (Lipinski definition) is 1. The largest absolute Gasteiger partial charge is 0.417 e. The molecule has 156 valence electrons. The summed E-state index contributed by atoms with van der Waals surface area (Å²) in [4.78, 5) is 2.84. The second-order valence-corrected chi connectivity index (χ2v) is 6.98. The van der Waals surface area contributed by atoms with E-state index in [9.17, 15) is 26.3 Å². The molecule has 2 aromatic carbocycles. The van der Waals surface area contributed by atoms with Crippen LogP contribution in [0.25, 0.3) is 22.2 Å². The van der Waals surface area contributed by atoms with Crippen LogP contribution in [0.5, 0.6) is 0 Å². The SMILES string of the molecule is Cc1ccccc1-c1[nH]c2cc(C(F)(F)F)cc(C(F)(F)F)c2c1CCCCN. The Morgan fingerprint density at radius 2 is 1.62 bits per heavy atom. The number of aryl methyl sites for hydroxylation is 2. The minimum atomic E-state index is -4.92. The summed E-state index contributed by atoms with van der Waals surface area (Å²) >= 11 is 0. The fourth-order valence-corrected chi connectivity index (χ4v) is 3.57. The number of benzene rings is 2. The Morgan fingerprint density at radius 1 is 0.931 bits per heavy atom. The molecule has 1 heterocycles. The quantitative estimate of drug-likeness (QED) is 0.365. The van der Waals surface area contributed by atoms with Crippen molar-refractivity contribution in [3.63, 3.8) is 0 Å². The molecule has 0 aliphatic rings. The average Bonchev–Trinajstić information content (AvgIpc) is 2.98. The van der Waals surface area contributed by atoms with Gasteiger partial charge in [-0.1, -0.05) is 24.3 Å². The summed E-state index contributed by atoms with van der Waals surface area (Å²) in [5, 5.41) is -0.208. The van der Waals surface area contributed by atoms with Crippen molar-refractivity contribution in [2.75, 3.05) is 6.54 Å². The molecule has 1 aromatic heterocycles. The molecule has 0 saturated carbocycles. The molecule has 0 atom stereocenters. The van der Waals surface area contributed by atoms with Crippen LogP contribution in [0.1, 0.15) is 35.1 Å². The molecule has 0 spiro atoms. The van der Waals surface area contributed by atoms with Gasteiger partial charge in [-0.3, -0.25) is 0 Å². The summed E-state index contributed by atoms with van der Waals surface area (Å²) < 4.78 is 80.9. The highest BCUT2D eigenvalue weighted by molar-refractivity contribution is 5.94. The fourth-order valence-electron chi connectivity index (χ4n) is 3.57. The van der Waals surface area contributed by atoms with Gasteiger partial charge >= 0.3 is 12.4 Å². The molecular weight excluding hydrogens is 394 g/mol. The zero-order valence-electron chi connectivity index (χ0n) is 15.6. The molecule has 8 heteroatoms. The predicted octanol–water partition coefficient (Wildman–Crippen LogP) is 6.46. The second kappa shape index (κ2) is 7.74. The van der Waals surface area contributed by atoms with Gasteiger partial charge in [-0.05, 0) is 56.0 Å². The van der Waals surface area contributed by atoms with E-state index in [0.29, 0.717) is 36.2 Å². The van der Waals surface area contributed by atoms with Crippen molar-refractivity contribution in [1.29, 1.82) is 0 Å². The molecule has 0 fully saturated rings. The molecule has 0 unspecified atom stereocenters. The van der Waals surface area contributed by atoms with Gasteiger partial charge < -0.3 is 10.7 Å². The van der Waals surface area contributed by atoms with E-state index in [-0.39, 0.29) is 23.4 Å². The molecule has 3 rings (SSSR count). The lowest BCUT2D eigenvalue weighted by Gasteiger charge is -2.14. The normalized spacial score (nSPS) is 12.7. The first kappa shape index (κ1) is 21.2. The monoisotopic (exact) mass is 414 g/mol. The van der Waals surface area contributed by atoms with Gasteiger partial charge in [0.05, 0.1) is 11.1 Å². The highest BCUT2D eigenvalue weighted by Gasteiger charge is 2.39. The number of nitrogens with one attached hydrogen (secondary N) is 1. The summed E-state index contributed by atoms with van der Waals surface area (Å²) in [5.74, 6) is 0. The van der Waals surface area contributed by atoms with Gasteiger partial charge in [-0.15, -0.1) is 0 Å². The Bertz CT molecular complexity index is 1010. The number of aromatic nitrogens is 1. The van der Waals surface area contributed by atoms with E-state index in [4.69, 9.17) is 5.73 Å². The van der Waals surface area contributed by atoms with Gasteiger partial charge in [0.25, 0.3) is 0 Å². The molecule has 0 aliphatic carbocycles. The van der Waals surface area contributed by atoms with Crippen LogP contribution in [0.15, 0.2) is 36.4 Å². The predicted molar refractivity (Wildman–Crippen MR) is 100 cm³/mol. The van der Waals surface area contributed by atoms with Crippen molar-refractivity contribution >= 4 is 10.9 Å². The van der Waals surface area contributed by atoms with Crippen molar-refractivity contribution in [3.8, 4) is 11.3 Å². The standard InChI is InChI=1S/C21H20F6N2/c1-12-6-2-3-7-14(12)19-15(8-4-5-9-28)18-16(21(25,26)27)10-13(20(22,23)24)11-17(18)29-19/h2-3,6-7,10-11,29H,4-5,8-9,28H2,1H3. The summed E-state index contributed by atoms with van der Waals surface area (Å²) in [5.41, 5.74) is 4.98. The summed E-state index contributed by atoms with van der Waals surface area (Å²) in [6, 6.07) is 8.02. The van der Waals surface area contributed by atoms with E-state index in [0.717, 1.165) is 11.6 Å². The molecule has 2 nitrogen and oxygen atoms in total. The Labute approximate surface area is 163 Å². The average molecular weight is 414 g/mol. The molecule has 3 aromatic rings. The van der Waals surface area contributed by atoms with Crippen molar-refractivity contribution in [2.45, 2.75) is 38.5 Å².